The smallest absolute Gasteiger partial charge is 0.248 e. The highest BCUT2D eigenvalue weighted by atomic mass is 16.5. The predicted molar refractivity (Wildman–Crippen MR) is 70.7 cm³/mol. The highest BCUT2D eigenvalue weighted by Crippen LogP contribution is 2.08. The summed E-state index contributed by atoms with van der Waals surface area (Å²) in [6.45, 7) is 1.43. The molecule has 0 saturated carbocycles. The van der Waals surface area contributed by atoms with Gasteiger partial charge in [0.15, 0.2) is 0 Å². The molecule has 4 heteroatoms. The van der Waals surface area contributed by atoms with Crippen molar-refractivity contribution in [3.8, 4) is 5.75 Å². The summed E-state index contributed by atoms with van der Waals surface area (Å²) in [5.74, 6) is 0.886. The summed E-state index contributed by atoms with van der Waals surface area (Å²) < 4.78 is 10.8. The number of hydrogen-bond acceptors (Lipinski definition) is 3. The molecule has 0 aliphatic rings. The maximum Gasteiger partial charge on any atom is 0.248 e. The molecule has 0 aliphatic carbocycles. The lowest BCUT2D eigenvalue weighted by Crippen LogP contribution is -2.26. The predicted octanol–water partition coefficient (Wildman–Crippen LogP) is 1.95. The summed E-state index contributed by atoms with van der Waals surface area (Å²) in [5.41, 5.74) is 0. The Balaban J connectivity index is 1.95. The minimum absolute atomic E-state index is 0.00413. The summed E-state index contributed by atoms with van der Waals surface area (Å²) in [5, 5.41) is 0. The Bertz CT molecular complexity index is 338. The largest absolute Gasteiger partial charge is 0.494 e. The van der Waals surface area contributed by atoms with Crippen molar-refractivity contribution in [3.63, 3.8) is 0 Å². The van der Waals surface area contributed by atoms with Crippen LogP contribution in [0.15, 0.2) is 30.3 Å². The van der Waals surface area contributed by atoms with E-state index in [4.69, 9.17) is 9.47 Å². The van der Waals surface area contributed by atoms with E-state index < -0.39 is 0 Å². The van der Waals surface area contributed by atoms with Gasteiger partial charge in [-0.3, -0.25) is 4.79 Å². The van der Waals surface area contributed by atoms with Crippen LogP contribution < -0.4 is 4.74 Å². The number of unbranched alkanes of at least 4 members (excludes halogenated alkanes) is 1. The van der Waals surface area contributed by atoms with Crippen molar-refractivity contribution in [2.45, 2.75) is 12.8 Å². The first-order valence-electron chi connectivity index (χ1n) is 6.16. The van der Waals surface area contributed by atoms with E-state index >= 15 is 0 Å². The fourth-order valence-corrected chi connectivity index (χ4v) is 1.30. The second kappa shape index (κ2) is 8.53. The maximum absolute atomic E-state index is 11.2. The van der Waals surface area contributed by atoms with Crippen molar-refractivity contribution >= 4 is 5.91 Å². The zero-order chi connectivity index (χ0) is 13.2. The Hall–Kier alpha value is -1.55. The number of ether oxygens (including phenoxy) is 2. The normalized spacial score (nSPS) is 10.1. The molecule has 0 N–H and O–H groups in total. The van der Waals surface area contributed by atoms with Gasteiger partial charge < -0.3 is 14.4 Å². The van der Waals surface area contributed by atoms with Crippen LogP contribution in [0, 0.1) is 0 Å². The first kappa shape index (κ1) is 14.5. The molecule has 0 saturated heterocycles. The van der Waals surface area contributed by atoms with Crippen LogP contribution in [0.4, 0.5) is 0 Å². The van der Waals surface area contributed by atoms with Gasteiger partial charge in [-0.25, -0.2) is 0 Å². The van der Waals surface area contributed by atoms with Crippen molar-refractivity contribution in [2.75, 3.05) is 33.9 Å². The average molecular weight is 251 g/mol. The van der Waals surface area contributed by atoms with Gasteiger partial charge in [0.2, 0.25) is 5.91 Å². The van der Waals surface area contributed by atoms with Crippen molar-refractivity contribution in [1.82, 2.24) is 4.90 Å². The van der Waals surface area contributed by atoms with Crippen molar-refractivity contribution < 1.29 is 14.3 Å². The minimum Gasteiger partial charge on any atom is -0.494 e. The number of carbonyl (C=O) groups is 1. The van der Waals surface area contributed by atoms with Gasteiger partial charge in [0, 0.05) is 20.7 Å². The van der Waals surface area contributed by atoms with Crippen molar-refractivity contribution in [3.05, 3.63) is 30.3 Å². The molecule has 0 atom stereocenters. The van der Waals surface area contributed by atoms with Crippen LogP contribution in [0.3, 0.4) is 0 Å². The van der Waals surface area contributed by atoms with Gasteiger partial charge in [0.25, 0.3) is 0 Å². The number of likely N-dealkylation sites (N-methyl/N-ethyl adjacent to an activating group) is 1. The van der Waals surface area contributed by atoms with E-state index in [1.807, 2.05) is 30.3 Å². The Morgan fingerprint density at radius 1 is 1.11 bits per heavy atom. The molecule has 0 fully saturated rings. The molecule has 0 aromatic heterocycles. The third kappa shape index (κ3) is 6.25. The Morgan fingerprint density at radius 3 is 2.44 bits per heavy atom. The third-order valence-electron chi connectivity index (χ3n) is 2.42. The molecular formula is C14H21NO3. The second-order valence-electron chi connectivity index (χ2n) is 4.21. The van der Waals surface area contributed by atoms with Crippen LogP contribution in [0.1, 0.15) is 12.8 Å². The number of carbonyl (C=O) groups excluding carboxylic acids is 1. The zero-order valence-corrected chi connectivity index (χ0v) is 11.1. The lowest BCUT2D eigenvalue weighted by molar-refractivity contribution is -0.133. The summed E-state index contributed by atoms with van der Waals surface area (Å²) in [6.07, 6.45) is 1.82. The standard InChI is InChI=1S/C14H21NO3/c1-15(2)14(16)12-17-10-6-7-11-18-13-8-4-3-5-9-13/h3-5,8-9H,6-7,10-12H2,1-2H3. The molecule has 100 valence electrons. The number of amides is 1. The van der Waals surface area contributed by atoms with Crippen LogP contribution in [-0.4, -0.2) is 44.7 Å². The van der Waals surface area contributed by atoms with E-state index in [2.05, 4.69) is 0 Å². The number of nitrogens with zero attached hydrogens (tertiary/aromatic N) is 1. The second-order valence-corrected chi connectivity index (χ2v) is 4.21. The number of benzene rings is 1. The average Bonchev–Trinajstić information content (AvgIpc) is 2.38. The minimum atomic E-state index is -0.00413. The summed E-state index contributed by atoms with van der Waals surface area (Å²) >= 11 is 0. The third-order valence-corrected chi connectivity index (χ3v) is 2.42. The van der Waals surface area contributed by atoms with Gasteiger partial charge in [0.05, 0.1) is 6.61 Å². The van der Waals surface area contributed by atoms with Gasteiger partial charge in [-0.15, -0.1) is 0 Å². The molecule has 1 aromatic rings. The zero-order valence-electron chi connectivity index (χ0n) is 11.1. The lowest BCUT2D eigenvalue weighted by atomic mass is 10.3. The van der Waals surface area contributed by atoms with Crippen LogP contribution in [-0.2, 0) is 9.53 Å². The monoisotopic (exact) mass is 251 g/mol. The van der Waals surface area contributed by atoms with Gasteiger partial charge in [0.1, 0.15) is 12.4 Å². The summed E-state index contributed by atoms with van der Waals surface area (Å²) in [7, 11) is 3.44. The molecule has 4 nitrogen and oxygen atoms in total. The van der Waals surface area contributed by atoms with E-state index in [0.29, 0.717) is 13.2 Å². The van der Waals surface area contributed by atoms with E-state index in [1.165, 1.54) is 4.90 Å². The molecule has 18 heavy (non-hydrogen) atoms. The van der Waals surface area contributed by atoms with E-state index in [9.17, 15) is 4.79 Å². The van der Waals surface area contributed by atoms with Crippen LogP contribution in [0.5, 0.6) is 5.75 Å². The summed E-state index contributed by atoms with van der Waals surface area (Å²) in [6, 6.07) is 9.73. The fraction of sp³-hybridized carbons (Fsp3) is 0.500. The Kier molecular flexibility index (Phi) is 6.87. The SMILES string of the molecule is CN(C)C(=O)COCCCCOc1ccccc1. The number of hydrogen-bond donors (Lipinski definition) is 0. The van der Waals surface area contributed by atoms with Gasteiger partial charge in [-0.2, -0.15) is 0 Å². The van der Waals surface area contributed by atoms with E-state index in [0.717, 1.165) is 18.6 Å². The molecule has 0 aliphatic heterocycles. The Morgan fingerprint density at radius 2 is 1.78 bits per heavy atom. The van der Waals surface area contributed by atoms with E-state index in [1.54, 1.807) is 14.1 Å². The topological polar surface area (TPSA) is 38.8 Å². The molecular weight excluding hydrogens is 230 g/mol. The fourth-order valence-electron chi connectivity index (χ4n) is 1.30. The van der Waals surface area contributed by atoms with Gasteiger partial charge in [-0.05, 0) is 25.0 Å². The number of para-hydroxylation sites is 1. The molecule has 1 rings (SSSR count). The quantitative estimate of drug-likeness (QED) is 0.663. The first-order valence-corrected chi connectivity index (χ1v) is 6.16. The molecule has 0 unspecified atom stereocenters. The Labute approximate surface area is 108 Å². The molecule has 0 radical (unpaired) electrons. The molecule has 0 bridgehead atoms. The molecule has 0 spiro atoms. The maximum atomic E-state index is 11.2. The summed E-state index contributed by atoms with van der Waals surface area (Å²) in [4.78, 5) is 12.7. The molecule has 0 heterocycles. The van der Waals surface area contributed by atoms with Crippen molar-refractivity contribution in [1.29, 1.82) is 0 Å². The highest BCUT2D eigenvalue weighted by molar-refractivity contribution is 5.76. The number of rotatable bonds is 8. The molecule has 1 amide bonds. The van der Waals surface area contributed by atoms with Crippen LogP contribution in [0.2, 0.25) is 0 Å². The van der Waals surface area contributed by atoms with Crippen molar-refractivity contribution in [2.24, 2.45) is 0 Å². The van der Waals surface area contributed by atoms with E-state index in [-0.39, 0.29) is 12.5 Å². The highest BCUT2D eigenvalue weighted by Gasteiger charge is 2.02. The van der Waals surface area contributed by atoms with Crippen LogP contribution in [0.25, 0.3) is 0 Å². The van der Waals surface area contributed by atoms with Gasteiger partial charge >= 0.3 is 0 Å². The lowest BCUT2D eigenvalue weighted by Gasteiger charge is -2.10. The molecule has 1 aromatic carbocycles. The van der Waals surface area contributed by atoms with Crippen LogP contribution >= 0.6 is 0 Å². The van der Waals surface area contributed by atoms with Gasteiger partial charge in [-0.1, -0.05) is 18.2 Å². The first-order chi connectivity index (χ1) is 8.70.